The Labute approximate surface area is 73.1 Å². The van der Waals surface area contributed by atoms with E-state index in [9.17, 15) is 4.79 Å². The second kappa shape index (κ2) is 5.11. The number of hydrogen-bond acceptors (Lipinski definition) is 3. The Morgan fingerprint density at radius 2 is 2.33 bits per heavy atom. The number of carbonyl (C=O) groups is 1. The topological polar surface area (TPSA) is 58.4 Å². The van der Waals surface area contributed by atoms with Crippen molar-refractivity contribution >= 4 is 5.91 Å². The number of unbranched alkanes of at least 4 members (excludes halogenated alkanes) is 1. The number of hydrogen-bond donors (Lipinski definition) is 2. The van der Waals surface area contributed by atoms with Gasteiger partial charge >= 0.3 is 0 Å². The molecule has 0 aliphatic carbocycles. The summed E-state index contributed by atoms with van der Waals surface area (Å²) in [5.74, 6) is 0.147. The van der Waals surface area contributed by atoms with Gasteiger partial charge in [0.15, 0.2) is 0 Å². The van der Waals surface area contributed by atoms with Crippen molar-refractivity contribution in [2.75, 3.05) is 32.7 Å². The van der Waals surface area contributed by atoms with Crippen molar-refractivity contribution in [3.05, 3.63) is 0 Å². The summed E-state index contributed by atoms with van der Waals surface area (Å²) in [6.07, 6.45) is 2.15. The third-order valence-electron chi connectivity index (χ3n) is 2.05. The third kappa shape index (κ3) is 3.19. The molecule has 1 rings (SSSR count). The maximum absolute atomic E-state index is 10.9. The molecule has 1 amide bonds. The van der Waals surface area contributed by atoms with Crippen molar-refractivity contribution < 1.29 is 4.79 Å². The molecule has 0 atom stereocenters. The fourth-order valence-corrected chi connectivity index (χ4v) is 1.36. The van der Waals surface area contributed by atoms with Crippen LogP contribution in [0.3, 0.4) is 0 Å². The Morgan fingerprint density at radius 3 is 3.00 bits per heavy atom. The fourth-order valence-electron chi connectivity index (χ4n) is 1.36. The van der Waals surface area contributed by atoms with Gasteiger partial charge in [-0.1, -0.05) is 0 Å². The van der Waals surface area contributed by atoms with Gasteiger partial charge in [-0.2, -0.15) is 0 Å². The molecule has 0 bridgehead atoms. The predicted molar refractivity (Wildman–Crippen MR) is 47.7 cm³/mol. The second-order valence-corrected chi connectivity index (χ2v) is 3.12. The van der Waals surface area contributed by atoms with Gasteiger partial charge in [-0.3, -0.25) is 9.69 Å². The first-order chi connectivity index (χ1) is 5.83. The summed E-state index contributed by atoms with van der Waals surface area (Å²) in [6, 6.07) is 0. The highest BCUT2D eigenvalue weighted by Crippen LogP contribution is 1.96. The highest BCUT2D eigenvalue weighted by molar-refractivity contribution is 5.78. The third-order valence-corrected chi connectivity index (χ3v) is 2.05. The van der Waals surface area contributed by atoms with Crippen molar-refractivity contribution in [3.63, 3.8) is 0 Å². The fraction of sp³-hybridized carbons (Fsp3) is 0.875. The molecule has 3 N–H and O–H groups in total. The number of nitrogens with one attached hydrogen (secondary N) is 1. The van der Waals surface area contributed by atoms with E-state index in [1.165, 1.54) is 0 Å². The summed E-state index contributed by atoms with van der Waals surface area (Å²) in [4.78, 5) is 13.1. The zero-order chi connectivity index (χ0) is 8.81. The monoisotopic (exact) mass is 171 g/mol. The summed E-state index contributed by atoms with van der Waals surface area (Å²) in [5.41, 5.74) is 5.37. The molecule has 1 saturated heterocycles. The molecule has 1 fully saturated rings. The summed E-state index contributed by atoms with van der Waals surface area (Å²) < 4.78 is 0. The maximum atomic E-state index is 10.9. The lowest BCUT2D eigenvalue weighted by Gasteiger charge is -2.26. The minimum atomic E-state index is 0.147. The number of nitrogens with zero attached hydrogens (tertiary/aromatic N) is 1. The van der Waals surface area contributed by atoms with Crippen LogP contribution >= 0.6 is 0 Å². The van der Waals surface area contributed by atoms with E-state index in [-0.39, 0.29) is 5.91 Å². The van der Waals surface area contributed by atoms with Crippen LogP contribution in [0.4, 0.5) is 0 Å². The molecule has 0 radical (unpaired) electrons. The number of piperazine rings is 1. The van der Waals surface area contributed by atoms with E-state index in [0.29, 0.717) is 6.54 Å². The van der Waals surface area contributed by atoms with Gasteiger partial charge in [0, 0.05) is 13.1 Å². The standard InChI is InChI=1S/C8H17N3O/c9-3-1-2-5-11-6-4-10-8(12)7-11/h1-7,9H2,(H,10,12). The summed E-state index contributed by atoms with van der Waals surface area (Å²) in [7, 11) is 0. The molecule has 12 heavy (non-hydrogen) atoms. The molecule has 0 aromatic heterocycles. The normalized spacial score (nSPS) is 19.2. The van der Waals surface area contributed by atoms with Gasteiger partial charge in [-0.25, -0.2) is 0 Å². The van der Waals surface area contributed by atoms with Crippen LogP contribution in [-0.4, -0.2) is 43.5 Å². The molecular weight excluding hydrogens is 154 g/mol. The van der Waals surface area contributed by atoms with Crippen LogP contribution in [0.2, 0.25) is 0 Å². The number of nitrogens with two attached hydrogens (primary N) is 1. The summed E-state index contributed by atoms with van der Waals surface area (Å²) in [5, 5.41) is 2.80. The molecule has 0 saturated carbocycles. The Kier molecular flexibility index (Phi) is 4.04. The largest absolute Gasteiger partial charge is 0.354 e. The molecule has 0 aromatic carbocycles. The molecule has 4 nitrogen and oxygen atoms in total. The lowest BCUT2D eigenvalue weighted by molar-refractivity contribution is -0.124. The van der Waals surface area contributed by atoms with Crippen molar-refractivity contribution in [2.45, 2.75) is 12.8 Å². The molecular formula is C8H17N3O. The molecule has 4 heteroatoms. The van der Waals surface area contributed by atoms with Crippen LogP contribution in [0, 0.1) is 0 Å². The molecule has 70 valence electrons. The molecule has 0 unspecified atom stereocenters. The van der Waals surface area contributed by atoms with E-state index in [4.69, 9.17) is 5.73 Å². The lowest BCUT2D eigenvalue weighted by Crippen LogP contribution is -2.47. The van der Waals surface area contributed by atoms with Crippen molar-refractivity contribution in [3.8, 4) is 0 Å². The zero-order valence-electron chi connectivity index (χ0n) is 7.38. The van der Waals surface area contributed by atoms with E-state index in [1.54, 1.807) is 0 Å². The van der Waals surface area contributed by atoms with Crippen LogP contribution in [0.25, 0.3) is 0 Å². The van der Waals surface area contributed by atoms with Crippen LogP contribution in [0.1, 0.15) is 12.8 Å². The first kappa shape index (κ1) is 9.48. The van der Waals surface area contributed by atoms with Gasteiger partial charge in [0.1, 0.15) is 0 Å². The van der Waals surface area contributed by atoms with E-state index in [2.05, 4.69) is 10.2 Å². The minimum Gasteiger partial charge on any atom is -0.354 e. The average Bonchev–Trinajstić information content (AvgIpc) is 2.05. The van der Waals surface area contributed by atoms with Crippen molar-refractivity contribution in [2.24, 2.45) is 5.73 Å². The van der Waals surface area contributed by atoms with Crippen LogP contribution in [0.5, 0.6) is 0 Å². The van der Waals surface area contributed by atoms with Crippen molar-refractivity contribution in [1.82, 2.24) is 10.2 Å². The first-order valence-corrected chi connectivity index (χ1v) is 4.52. The SMILES string of the molecule is NCCCCN1CCNC(=O)C1. The first-order valence-electron chi connectivity index (χ1n) is 4.52. The Morgan fingerprint density at radius 1 is 1.50 bits per heavy atom. The van der Waals surface area contributed by atoms with Crippen LogP contribution < -0.4 is 11.1 Å². The minimum absolute atomic E-state index is 0.147. The highest BCUT2D eigenvalue weighted by atomic mass is 16.2. The smallest absolute Gasteiger partial charge is 0.234 e. The lowest BCUT2D eigenvalue weighted by atomic mass is 10.2. The number of amides is 1. The molecule has 1 aliphatic rings. The molecule has 0 spiro atoms. The van der Waals surface area contributed by atoms with E-state index in [0.717, 1.165) is 39.0 Å². The van der Waals surface area contributed by atoms with Gasteiger partial charge in [-0.05, 0) is 25.9 Å². The Bertz CT molecular complexity index is 149. The van der Waals surface area contributed by atoms with E-state index < -0.39 is 0 Å². The number of rotatable bonds is 4. The second-order valence-electron chi connectivity index (χ2n) is 3.12. The van der Waals surface area contributed by atoms with Gasteiger partial charge in [0.25, 0.3) is 0 Å². The summed E-state index contributed by atoms with van der Waals surface area (Å²) >= 11 is 0. The quantitative estimate of drug-likeness (QED) is 0.542. The van der Waals surface area contributed by atoms with Crippen molar-refractivity contribution in [1.29, 1.82) is 0 Å². The van der Waals surface area contributed by atoms with Gasteiger partial charge in [0.2, 0.25) is 5.91 Å². The molecule has 0 aromatic rings. The average molecular weight is 171 g/mol. The molecule has 1 aliphatic heterocycles. The van der Waals surface area contributed by atoms with Crippen LogP contribution in [-0.2, 0) is 4.79 Å². The Hall–Kier alpha value is -0.610. The zero-order valence-corrected chi connectivity index (χ0v) is 7.38. The van der Waals surface area contributed by atoms with E-state index in [1.807, 2.05) is 0 Å². The van der Waals surface area contributed by atoms with Gasteiger partial charge < -0.3 is 11.1 Å². The highest BCUT2D eigenvalue weighted by Gasteiger charge is 2.14. The van der Waals surface area contributed by atoms with Crippen LogP contribution in [0.15, 0.2) is 0 Å². The molecule has 1 heterocycles. The Balaban J connectivity index is 2.10. The maximum Gasteiger partial charge on any atom is 0.234 e. The number of carbonyl (C=O) groups excluding carboxylic acids is 1. The van der Waals surface area contributed by atoms with Gasteiger partial charge in [0.05, 0.1) is 6.54 Å². The summed E-state index contributed by atoms with van der Waals surface area (Å²) in [6.45, 7) is 4.09. The van der Waals surface area contributed by atoms with E-state index >= 15 is 0 Å². The van der Waals surface area contributed by atoms with Gasteiger partial charge in [-0.15, -0.1) is 0 Å². The predicted octanol–water partition coefficient (Wildman–Crippen LogP) is -0.843.